The highest BCUT2D eigenvalue weighted by atomic mass is 16.6. The summed E-state index contributed by atoms with van der Waals surface area (Å²) in [5.41, 5.74) is 5.36. The molecule has 17 heavy (non-hydrogen) atoms. The second-order valence-electron chi connectivity index (χ2n) is 5.19. The second-order valence-corrected chi connectivity index (χ2v) is 5.19. The molecule has 0 aliphatic heterocycles. The maximum atomic E-state index is 11.5. The van der Waals surface area contributed by atoms with Crippen molar-refractivity contribution in [3.8, 4) is 0 Å². The lowest BCUT2D eigenvalue weighted by molar-refractivity contribution is 0.0526. The number of hydrogen-bond acceptors (Lipinski definition) is 5. The van der Waals surface area contributed by atoms with Crippen molar-refractivity contribution in [3.05, 3.63) is 11.5 Å². The molecule has 1 aliphatic carbocycles. The number of aliphatic hydroxyl groups excluding tert-OH is 2. The van der Waals surface area contributed by atoms with Crippen LogP contribution < -0.4 is 11.1 Å². The number of ether oxygens (including phenoxy) is 1. The minimum atomic E-state index is -0.779. The Kier molecular flexibility index (Phi) is 4.00. The van der Waals surface area contributed by atoms with E-state index in [1.165, 1.54) is 0 Å². The summed E-state index contributed by atoms with van der Waals surface area (Å²) in [5, 5.41) is 21.5. The van der Waals surface area contributed by atoms with Crippen LogP contribution in [0.5, 0.6) is 0 Å². The van der Waals surface area contributed by atoms with Crippen LogP contribution in [0.2, 0.25) is 0 Å². The normalized spacial score (nSPS) is 25.7. The SMILES string of the molecule is CC(C)(C)OC(=O)NC1=C(O)C[C@@H](O)[C@H](N)C1. The molecule has 0 saturated carbocycles. The molecule has 0 bridgehead atoms. The zero-order valence-electron chi connectivity index (χ0n) is 10.4. The molecule has 1 rings (SSSR count). The van der Waals surface area contributed by atoms with E-state index in [2.05, 4.69) is 5.32 Å². The fraction of sp³-hybridized carbons (Fsp3) is 0.727. The van der Waals surface area contributed by atoms with Crippen LogP contribution in [0.4, 0.5) is 4.79 Å². The molecule has 0 aromatic rings. The molecule has 0 saturated heterocycles. The van der Waals surface area contributed by atoms with Crippen LogP contribution >= 0.6 is 0 Å². The molecule has 0 fully saturated rings. The van der Waals surface area contributed by atoms with E-state index in [-0.39, 0.29) is 18.6 Å². The predicted molar refractivity (Wildman–Crippen MR) is 62.2 cm³/mol. The molecule has 0 aromatic heterocycles. The standard InChI is InChI=1S/C11H20N2O4/c1-11(2,3)17-10(16)13-7-4-6(12)8(14)5-9(7)15/h6,8,14-15H,4-5,12H2,1-3H3,(H,13,16)/t6-,8-/m1/s1. The lowest BCUT2D eigenvalue weighted by atomic mass is 9.95. The Morgan fingerprint density at radius 2 is 2.06 bits per heavy atom. The van der Waals surface area contributed by atoms with E-state index in [0.29, 0.717) is 5.70 Å². The highest BCUT2D eigenvalue weighted by molar-refractivity contribution is 5.70. The van der Waals surface area contributed by atoms with Gasteiger partial charge in [-0.15, -0.1) is 0 Å². The van der Waals surface area contributed by atoms with E-state index < -0.39 is 23.8 Å². The third-order valence-electron chi connectivity index (χ3n) is 2.34. The van der Waals surface area contributed by atoms with Crippen molar-refractivity contribution in [3.63, 3.8) is 0 Å². The predicted octanol–water partition coefficient (Wildman–Crippen LogP) is 0.763. The number of nitrogens with one attached hydrogen (secondary N) is 1. The molecule has 1 amide bonds. The summed E-state index contributed by atoms with van der Waals surface area (Å²) in [7, 11) is 0. The molecule has 2 atom stereocenters. The van der Waals surface area contributed by atoms with Crippen LogP contribution in [0.15, 0.2) is 11.5 Å². The molecule has 98 valence electrons. The van der Waals surface area contributed by atoms with Gasteiger partial charge in [0.05, 0.1) is 11.8 Å². The first-order chi connectivity index (χ1) is 7.69. The van der Waals surface area contributed by atoms with Gasteiger partial charge in [-0.3, -0.25) is 5.32 Å². The summed E-state index contributed by atoms with van der Waals surface area (Å²) in [6.07, 6.45) is -1.15. The highest BCUT2D eigenvalue weighted by Gasteiger charge is 2.28. The number of nitrogens with two attached hydrogens (primary N) is 1. The fourth-order valence-corrected chi connectivity index (χ4v) is 1.51. The van der Waals surface area contributed by atoms with Crippen molar-refractivity contribution in [1.82, 2.24) is 5.32 Å². The van der Waals surface area contributed by atoms with Crippen LogP contribution in [0.3, 0.4) is 0 Å². The van der Waals surface area contributed by atoms with Gasteiger partial charge < -0.3 is 20.7 Å². The van der Waals surface area contributed by atoms with Gasteiger partial charge >= 0.3 is 6.09 Å². The molecule has 5 N–H and O–H groups in total. The number of carbonyl (C=O) groups excluding carboxylic acids is 1. The smallest absolute Gasteiger partial charge is 0.411 e. The topological polar surface area (TPSA) is 105 Å². The van der Waals surface area contributed by atoms with Gasteiger partial charge in [-0.25, -0.2) is 4.79 Å². The van der Waals surface area contributed by atoms with E-state index in [9.17, 15) is 15.0 Å². The Balaban J connectivity index is 2.62. The van der Waals surface area contributed by atoms with Gasteiger partial charge in [-0.05, 0) is 20.8 Å². The monoisotopic (exact) mass is 244 g/mol. The minimum Gasteiger partial charge on any atom is -0.510 e. The third kappa shape index (κ3) is 4.24. The van der Waals surface area contributed by atoms with E-state index >= 15 is 0 Å². The van der Waals surface area contributed by atoms with Gasteiger partial charge in [0.2, 0.25) is 0 Å². The minimum absolute atomic E-state index is 0.0479. The molecule has 0 radical (unpaired) electrons. The van der Waals surface area contributed by atoms with Crippen LogP contribution in [-0.2, 0) is 4.74 Å². The first-order valence-electron chi connectivity index (χ1n) is 5.53. The van der Waals surface area contributed by atoms with E-state index in [4.69, 9.17) is 10.5 Å². The van der Waals surface area contributed by atoms with Crippen molar-refractivity contribution in [2.45, 2.75) is 51.4 Å². The van der Waals surface area contributed by atoms with E-state index in [0.717, 1.165) is 0 Å². The van der Waals surface area contributed by atoms with Crippen molar-refractivity contribution in [1.29, 1.82) is 0 Å². The molecule has 0 spiro atoms. The highest BCUT2D eigenvalue weighted by Crippen LogP contribution is 2.21. The van der Waals surface area contributed by atoms with Crippen molar-refractivity contribution in [2.75, 3.05) is 0 Å². The zero-order valence-corrected chi connectivity index (χ0v) is 10.4. The summed E-state index contributed by atoms with van der Waals surface area (Å²) in [4.78, 5) is 11.5. The molecule has 6 nitrogen and oxygen atoms in total. The summed E-state index contributed by atoms with van der Waals surface area (Å²) < 4.78 is 5.05. The van der Waals surface area contributed by atoms with Gasteiger partial charge in [0.15, 0.2) is 0 Å². The Labute approximate surface area is 100 Å². The number of rotatable bonds is 1. The molecule has 1 aliphatic rings. The largest absolute Gasteiger partial charge is 0.510 e. The molecule has 0 unspecified atom stereocenters. The quantitative estimate of drug-likeness (QED) is 0.545. The van der Waals surface area contributed by atoms with Crippen LogP contribution in [-0.4, -0.2) is 34.1 Å². The van der Waals surface area contributed by atoms with Gasteiger partial charge in [-0.1, -0.05) is 0 Å². The molecular formula is C11H20N2O4. The average molecular weight is 244 g/mol. The average Bonchev–Trinajstić information content (AvgIpc) is 2.11. The van der Waals surface area contributed by atoms with Crippen LogP contribution in [0.1, 0.15) is 33.6 Å². The number of hydrogen-bond donors (Lipinski definition) is 4. The Morgan fingerprint density at radius 3 is 2.59 bits per heavy atom. The van der Waals surface area contributed by atoms with Crippen LogP contribution in [0.25, 0.3) is 0 Å². The summed E-state index contributed by atoms with van der Waals surface area (Å²) in [6.45, 7) is 5.24. The first kappa shape index (κ1) is 13.8. The van der Waals surface area contributed by atoms with Gasteiger partial charge in [0.25, 0.3) is 0 Å². The maximum absolute atomic E-state index is 11.5. The number of alkyl carbamates (subject to hydrolysis) is 1. The number of amides is 1. The molecule has 6 heteroatoms. The van der Waals surface area contributed by atoms with Crippen molar-refractivity contribution < 1.29 is 19.7 Å². The van der Waals surface area contributed by atoms with Crippen molar-refractivity contribution in [2.24, 2.45) is 5.73 Å². The lowest BCUT2D eigenvalue weighted by Crippen LogP contribution is -2.42. The second kappa shape index (κ2) is 4.93. The van der Waals surface area contributed by atoms with E-state index in [1.807, 2.05) is 0 Å². The van der Waals surface area contributed by atoms with Crippen molar-refractivity contribution >= 4 is 6.09 Å². The van der Waals surface area contributed by atoms with Gasteiger partial charge in [-0.2, -0.15) is 0 Å². The first-order valence-corrected chi connectivity index (χ1v) is 5.53. The summed E-state index contributed by atoms with van der Waals surface area (Å²) >= 11 is 0. The Morgan fingerprint density at radius 1 is 1.47 bits per heavy atom. The zero-order chi connectivity index (χ0) is 13.2. The third-order valence-corrected chi connectivity index (χ3v) is 2.34. The van der Waals surface area contributed by atoms with Gasteiger partial charge in [0, 0.05) is 18.9 Å². The Hall–Kier alpha value is -1.27. The van der Waals surface area contributed by atoms with E-state index in [1.54, 1.807) is 20.8 Å². The molecule has 0 heterocycles. The van der Waals surface area contributed by atoms with Crippen LogP contribution in [0, 0.1) is 0 Å². The number of aliphatic hydroxyl groups is 2. The van der Waals surface area contributed by atoms with Gasteiger partial charge in [0.1, 0.15) is 11.4 Å². The summed E-state index contributed by atoms with van der Waals surface area (Å²) in [6, 6.07) is -0.490. The molecular weight excluding hydrogens is 224 g/mol. The summed E-state index contributed by atoms with van der Waals surface area (Å²) in [5.74, 6) is -0.0509. The fourth-order valence-electron chi connectivity index (χ4n) is 1.51. The molecule has 0 aromatic carbocycles. The Bertz CT molecular complexity index is 333. The number of carbonyl (C=O) groups is 1. The maximum Gasteiger partial charge on any atom is 0.411 e. The lowest BCUT2D eigenvalue weighted by Gasteiger charge is -2.27.